The normalized spacial score (nSPS) is 24.9. The molecule has 2 saturated carbocycles. The summed E-state index contributed by atoms with van der Waals surface area (Å²) in [5, 5.41) is 11.1. The molecule has 1 saturated heterocycles. The molecule has 2 aliphatic carbocycles. The van der Waals surface area contributed by atoms with E-state index < -0.39 is 69.4 Å². The number of urea groups is 1. The molecule has 3 fully saturated rings. The standard InChI is InChI=1S/C33H51N5O6S/c1-9-11-15-22(25(39)28(41)34-18-10-2)35-27(40)24-23-21(32(23,6)7)19-38(24)29(42)26(31(3,4)5)36-30(43)37-33(20-45(8)44)16-13-12-14-17-33/h1,10,21-24,26H,2,11-20H2,3-8H3,(H,34,41)(H,35,40)(H2,36,37,43)/t21?,22?,23-,24-,26+,45?/m0/s1. The molecule has 5 amide bonds. The van der Waals surface area contributed by atoms with E-state index in [1.807, 2.05) is 34.6 Å². The summed E-state index contributed by atoms with van der Waals surface area (Å²) in [5.41, 5.74) is -1.52. The highest BCUT2D eigenvalue weighted by Gasteiger charge is 2.70. The fourth-order valence-electron chi connectivity index (χ4n) is 7.12. The number of hydrogen-bond donors (Lipinski definition) is 4. The van der Waals surface area contributed by atoms with Crippen molar-refractivity contribution in [3.63, 3.8) is 0 Å². The van der Waals surface area contributed by atoms with E-state index in [2.05, 4.69) is 33.8 Å². The minimum atomic E-state index is -1.16. The van der Waals surface area contributed by atoms with Crippen LogP contribution >= 0.6 is 0 Å². The Bertz CT molecular complexity index is 1240. The number of piperidine rings is 1. The molecule has 0 aromatic carbocycles. The number of nitrogens with one attached hydrogen (secondary N) is 4. The second kappa shape index (κ2) is 14.5. The number of carbonyl (C=O) groups is 5. The van der Waals surface area contributed by atoms with Crippen LogP contribution in [-0.2, 0) is 30.0 Å². The number of nitrogens with zero attached hydrogens (tertiary/aromatic N) is 1. The van der Waals surface area contributed by atoms with Crippen LogP contribution in [0.5, 0.6) is 0 Å². The van der Waals surface area contributed by atoms with Crippen molar-refractivity contribution in [2.75, 3.05) is 25.1 Å². The zero-order chi connectivity index (χ0) is 33.7. The summed E-state index contributed by atoms with van der Waals surface area (Å²) in [5.74, 6) is 0.0946. The first-order valence-corrected chi connectivity index (χ1v) is 17.6. The fourth-order valence-corrected chi connectivity index (χ4v) is 8.26. The van der Waals surface area contributed by atoms with Crippen molar-refractivity contribution in [2.24, 2.45) is 22.7 Å². The van der Waals surface area contributed by atoms with Crippen LogP contribution < -0.4 is 21.3 Å². The molecule has 0 bridgehead atoms. The third kappa shape index (κ3) is 8.54. The molecule has 0 radical (unpaired) electrons. The van der Waals surface area contributed by atoms with Crippen LogP contribution in [0.4, 0.5) is 4.79 Å². The molecule has 250 valence electrons. The van der Waals surface area contributed by atoms with Crippen molar-refractivity contribution in [3.05, 3.63) is 12.7 Å². The maximum Gasteiger partial charge on any atom is 0.315 e. The molecule has 0 aromatic rings. The Labute approximate surface area is 270 Å². The molecule has 12 heteroatoms. The average Bonchev–Trinajstić information content (AvgIpc) is 3.27. The SMILES string of the molecule is C#CCCC(NC(=O)[C@@H]1[C@@H]2C(CN1C(=O)[C@@H](NC(=O)NC1(CS(C)=O)CCCCC1)C(C)(C)C)C2(C)C)C(=O)C(=O)NCC=C. The Balaban J connectivity index is 1.83. The number of rotatable bonds is 13. The number of carbonyl (C=O) groups excluding carboxylic acids is 5. The van der Waals surface area contributed by atoms with E-state index in [-0.39, 0.29) is 36.6 Å². The Morgan fingerprint density at radius 2 is 1.76 bits per heavy atom. The van der Waals surface area contributed by atoms with Crippen LogP contribution in [-0.4, -0.2) is 87.4 Å². The van der Waals surface area contributed by atoms with Crippen molar-refractivity contribution in [2.45, 2.75) is 103 Å². The summed E-state index contributed by atoms with van der Waals surface area (Å²) in [6, 6.07) is -3.53. The van der Waals surface area contributed by atoms with E-state index in [0.717, 1.165) is 19.3 Å². The minimum absolute atomic E-state index is 0.0624. The topological polar surface area (TPSA) is 154 Å². The number of ketones is 1. The molecule has 6 atom stereocenters. The number of Topliss-reactive ketones (excluding diaryl/α,β-unsaturated/α-hetero) is 1. The predicted molar refractivity (Wildman–Crippen MR) is 174 cm³/mol. The van der Waals surface area contributed by atoms with Crippen molar-refractivity contribution in [3.8, 4) is 12.3 Å². The highest BCUT2D eigenvalue weighted by molar-refractivity contribution is 7.84. The van der Waals surface area contributed by atoms with Gasteiger partial charge in [-0.1, -0.05) is 60.0 Å². The van der Waals surface area contributed by atoms with Gasteiger partial charge in [-0.3, -0.25) is 23.4 Å². The fraction of sp³-hybridized carbons (Fsp3) is 0.727. The highest BCUT2D eigenvalue weighted by Crippen LogP contribution is 2.65. The van der Waals surface area contributed by atoms with Crippen molar-refractivity contribution < 1.29 is 28.2 Å². The van der Waals surface area contributed by atoms with Gasteiger partial charge in [0, 0.05) is 42.3 Å². The average molecular weight is 646 g/mol. The molecule has 0 aromatic heterocycles. The van der Waals surface area contributed by atoms with Crippen LogP contribution in [0.25, 0.3) is 0 Å². The highest BCUT2D eigenvalue weighted by atomic mass is 32.2. The molecule has 45 heavy (non-hydrogen) atoms. The van der Waals surface area contributed by atoms with Crippen molar-refractivity contribution in [1.29, 1.82) is 0 Å². The number of hydrogen-bond acceptors (Lipinski definition) is 6. The Kier molecular flexibility index (Phi) is 11.7. The van der Waals surface area contributed by atoms with E-state index in [9.17, 15) is 28.2 Å². The largest absolute Gasteiger partial charge is 0.346 e. The van der Waals surface area contributed by atoms with E-state index >= 15 is 0 Å². The van der Waals surface area contributed by atoms with Gasteiger partial charge in [-0.25, -0.2) is 4.79 Å². The molecule has 3 rings (SSSR count). The Hall–Kier alpha value is -3.20. The third-order valence-corrected chi connectivity index (χ3v) is 10.6. The van der Waals surface area contributed by atoms with Gasteiger partial charge in [-0.2, -0.15) is 0 Å². The molecular formula is C33H51N5O6S. The number of amides is 5. The summed E-state index contributed by atoms with van der Waals surface area (Å²) < 4.78 is 12.2. The Morgan fingerprint density at radius 1 is 1.11 bits per heavy atom. The summed E-state index contributed by atoms with van der Waals surface area (Å²) in [6.07, 6.45) is 13.0. The van der Waals surface area contributed by atoms with Crippen molar-refractivity contribution >= 4 is 40.3 Å². The van der Waals surface area contributed by atoms with E-state index in [1.54, 1.807) is 6.26 Å². The van der Waals surface area contributed by atoms with E-state index in [0.29, 0.717) is 25.1 Å². The lowest BCUT2D eigenvalue weighted by molar-refractivity contribution is -0.145. The van der Waals surface area contributed by atoms with Crippen LogP contribution in [0.3, 0.4) is 0 Å². The second-order valence-corrected chi connectivity index (χ2v) is 15.9. The zero-order valence-electron chi connectivity index (χ0n) is 27.6. The number of likely N-dealkylation sites (tertiary alicyclic amines) is 1. The quantitative estimate of drug-likeness (QED) is 0.137. The maximum atomic E-state index is 14.3. The first-order chi connectivity index (χ1) is 21.0. The first-order valence-electron chi connectivity index (χ1n) is 15.8. The maximum absolute atomic E-state index is 14.3. The molecule has 0 spiro atoms. The number of fused-ring (bicyclic) bond motifs is 1. The predicted octanol–water partition coefficient (Wildman–Crippen LogP) is 2.03. The van der Waals surface area contributed by atoms with Crippen LogP contribution in [0.15, 0.2) is 12.7 Å². The Morgan fingerprint density at radius 3 is 2.31 bits per heavy atom. The van der Waals surface area contributed by atoms with Gasteiger partial charge in [0.1, 0.15) is 12.1 Å². The summed E-state index contributed by atoms with van der Waals surface area (Å²) in [4.78, 5) is 68.6. The zero-order valence-corrected chi connectivity index (χ0v) is 28.4. The lowest BCUT2D eigenvalue weighted by Gasteiger charge is -2.40. The molecule has 3 aliphatic rings. The molecule has 11 nitrogen and oxygen atoms in total. The van der Waals surface area contributed by atoms with Crippen molar-refractivity contribution in [1.82, 2.24) is 26.2 Å². The van der Waals surface area contributed by atoms with E-state index in [1.165, 1.54) is 11.0 Å². The lowest BCUT2D eigenvalue weighted by Crippen LogP contribution is -2.63. The van der Waals surface area contributed by atoms with Crippen LogP contribution in [0, 0.1) is 35.0 Å². The van der Waals surface area contributed by atoms with E-state index in [4.69, 9.17) is 6.42 Å². The number of terminal acetylenes is 1. The van der Waals surface area contributed by atoms with Gasteiger partial charge in [0.2, 0.25) is 17.6 Å². The molecule has 3 unspecified atom stereocenters. The van der Waals surface area contributed by atoms with Crippen LogP contribution in [0.1, 0.15) is 79.6 Å². The molecule has 1 heterocycles. The first kappa shape index (κ1) is 36.3. The monoisotopic (exact) mass is 645 g/mol. The molecular weight excluding hydrogens is 594 g/mol. The van der Waals surface area contributed by atoms with Gasteiger partial charge in [0.05, 0.1) is 11.6 Å². The lowest BCUT2D eigenvalue weighted by atomic mass is 9.83. The van der Waals surface area contributed by atoms with Gasteiger partial charge in [0.15, 0.2) is 0 Å². The van der Waals surface area contributed by atoms with Gasteiger partial charge in [-0.15, -0.1) is 18.9 Å². The summed E-state index contributed by atoms with van der Waals surface area (Å²) >= 11 is 0. The second-order valence-electron chi connectivity index (χ2n) is 14.5. The molecule has 1 aliphatic heterocycles. The van der Waals surface area contributed by atoms with Crippen LogP contribution in [0.2, 0.25) is 0 Å². The van der Waals surface area contributed by atoms with Gasteiger partial charge < -0.3 is 26.2 Å². The van der Waals surface area contributed by atoms with Gasteiger partial charge in [-0.05, 0) is 41.9 Å². The van der Waals surface area contributed by atoms with Gasteiger partial charge in [0.25, 0.3) is 5.91 Å². The third-order valence-electron chi connectivity index (χ3n) is 9.66. The summed E-state index contributed by atoms with van der Waals surface area (Å²) in [7, 11) is -1.12. The molecule has 4 N–H and O–H groups in total. The summed E-state index contributed by atoms with van der Waals surface area (Å²) in [6.45, 7) is 13.6. The smallest absolute Gasteiger partial charge is 0.315 e. The van der Waals surface area contributed by atoms with Gasteiger partial charge >= 0.3 is 6.03 Å². The minimum Gasteiger partial charge on any atom is -0.346 e.